The molecular formula is C24H34F3N3O3. The topological polar surface area (TPSA) is 65.9 Å². The normalized spacial score (nSPS) is 24.9. The van der Waals surface area contributed by atoms with Crippen LogP contribution in [0.2, 0.25) is 0 Å². The largest absolute Gasteiger partial charge is 0.493 e. The lowest BCUT2D eigenvalue weighted by molar-refractivity contribution is -0.205. The van der Waals surface area contributed by atoms with Crippen LogP contribution in [0.1, 0.15) is 50.5 Å². The number of Topliss-reactive ketones (excluding diaryl/α,β-unsaturated/α-hetero) is 1. The number of aliphatic hydroxyl groups is 1. The molecule has 0 amide bonds. The molecule has 9 heteroatoms. The Labute approximate surface area is 193 Å². The van der Waals surface area contributed by atoms with Crippen LogP contribution in [0.4, 0.5) is 19.0 Å². The van der Waals surface area contributed by atoms with Crippen LogP contribution in [0, 0.1) is 11.8 Å². The maximum Gasteiger partial charge on any atom is 0.414 e. The fourth-order valence-electron chi connectivity index (χ4n) is 5.38. The van der Waals surface area contributed by atoms with Crippen molar-refractivity contribution in [2.24, 2.45) is 11.8 Å². The van der Waals surface area contributed by atoms with Gasteiger partial charge in [0.25, 0.3) is 0 Å². The summed E-state index contributed by atoms with van der Waals surface area (Å²) in [6.45, 7) is 5.74. The molecular weight excluding hydrogens is 435 g/mol. The average Bonchev–Trinajstić information content (AvgIpc) is 3.27. The van der Waals surface area contributed by atoms with E-state index in [-0.39, 0.29) is 12.3 Å². The number of carbonyl (C=O) groups excluding carboxylic acids is 1. The number of piperazine rings is 1. The van der Waals surface area contributed by atoms with Gasteiger partial charge in [-0.15, -0.1) is 0 Å². The highest BCUT2D eigenvalue weighted by Crippen LogP contribution is 2.35. The highest BCUT2D eigenvalue weighted by Gasteiger charge is 2.39. The minimum absolute atomic E-state index is 0.154. The molecule has 1 atom stereocenters. The van der Waals surface area contributed by atoms with Crippen LogP contribution in [-0.4, -0.2) is 72.4 Å². The first-order chi connectivity index (χ1) is 15.8. The number of pyridine rings is 1. The monoisotopic (exact) mass is 469 g/mol. The van der Waals surface area contributed by atoms with Gasteiger partial charge in [0.05, 0.1) is 6.61 Å². The summed E-state index contributed by atoms with van der Waals surface area (Å²) in [5, 5.41) is 9.08. The number of ketones is 1. The number of aliphatic hydroxyl groups excluding tert-OH is 1. The molecule has 0 radical (unpaired) electrons. The molecule has 0 aromatic carbocycles. The zero-order valence-corrected chi connectivity index (χ0v) is 19.0. The van der Waals surface area contributed by atoms with E-state index in [1.807, 2.05) is 12.3 Å². The molecule has 1 N–H and O–H groups in total. The highest BCUT2D eigenvalue weighted by atomic mass is 19.4. The van der Waals surface area contributed by atoms with Gasteiger partial charge in [-0.3, -0.25) is 9.69 Å². The van der Waals surface area contributed by atoms with Crippen molar-refractivity contribution in [3.63, 3.8) is 0 Å². The second kappa shape index (κ2) is 10.6. The van der Waals surface area contributed by atoms with E-state index in [2.05, 4.69) is 14.8 Å². The van der Waals surface area contributed by atoms with E-state index in [0.29, 0.717) is 5.92 Å². The van der Waals surface area contributed by atoms with E-state index in [1.165, 1.54) is 5.56 Å². The molecule has 0 spiro atoms. The van der Waals surface area contributed by atoms with Crippen LogP contribution in [0.3, 0.4) is 0 Å². The Hall–Kier alpha value is -1.87. The number of nitrogens with zero attached hydrogens (tertiary/aromatic N) is 3. The number of hydrogen-bond acceptors (Lipinski definition) is 6. The first kappa shape index (κ1) is 24.3. The molecule has 6 nitrogen and oxygen atoms in total. The molecule has 0 bridgehead atoms. The molecule has 2 aliphatic heterocycles. The van der Waals surface area contributed by atoms with Gasteiger partial charge in [-0.25, -0.2) is 4.98 Å². The Balaban J connectivity index is 1.13. The summed E-state index contributed by atoms with van der Waals surface area (Å²) >= 11 is 0. The summed E-state index contributed by atoms with van der Waals surface area (Å²) in [5.74, 6) is 2.33. The molecule has 4 rings (SSSR count). The molecule has 1 aromatic rings. The third-order valence-corrected chi connectivity index (χ3v) is 7.41. The minimum atomic E-state index is -4.72. The van der Waals surface area contributed by atoms with Crippen molar-refractivity contribution in [1.29, 1.82) is 0 Å². The molecule has 184 valence electrons. The van der Waals surface area contributed by atoms with Gasteiger partial charge in [0.2, 0.25) is 0 Å². The maximum absolute atomic E-state index is 12.4. The van der Waals surface area contributed by atoms with Crippen molar-refractivity contribution in [1.82, 2.24) is 9.88 Å². The number of anilines is 1. The fourth-order valence-corrected chi connectivity index (χ4v) is 5.38. The summed E-state index contributed by atoms with van der Waals surface area (Å²) in [7, 11) is 0. The summed E-state index contributed by atoms with van der Waals surface area (Å²) < 4.78 is 42.9. The molecule has 3 aliphatic rings. The van der Waals surface area contributed by atoms with Crippen LogP contribution in [0.25, 0.3) is 0 Å². The first-order valence-corrected chi connectivity index (χ1v) is 12.1. The number of carbonyl (C=O) groups is 1. The molecule has 33 heavy (non-hydrogen) atoms. The number of aromatic nitrogens is 1. The van der Waals surface area contributed by atoms with Crippen molar-refractivity contribution < 1.29 is 27.8 Å². The van der Waals surface area contributed by atoms with Gasteiger partial charge in [-0.05, 0) is 43.7 Å². The Bertz CT molecular complexity index is 804. The van der Waals surface area contributed by atoms with Crippen LogP contribution in [0.5, 0.6) is 5.75 Å². The standard InChI is InChI=1S/C24H34F3N3O3/c25-24(26,27)22(32)16-19(31)15-18-3-1-17(2-4-18)6-9-29-10-12-30(13-11-29)23-20-7-14-33-21(20)5-8-28-23/h5,8,17-18,22,32H,1-4,6-7,9-16H2/t17?,18?,22-/m1/s1. The van der Waals surface area contributed by atoms with Gasteiger partial charge in [-0.1, -0.05) is 12.8 Å². The van der Waals surface area contributed by atoms with Crippen LogP contribution >= 0.6 is 0 Å². The predicted molar refractivity (Wildman–Crippen MR) is 118 cm³/mol. The molecule has 3 heterocycles. The average molecular weight is 470 g/mol. The third kappa shape index (κ3) is 6.38. The predicted octanol–water partition coefficient (Wildman–Crippen LogP) is 3.61. The Morgan fingerprint density at radius 1 is 1.15 bits per heavy atom. The van der Waals surface area contributed by atoms with Crippen molar-refractivity contribution in [3.05, 3.63) is 17.8 Å². The molecule has 0 unspecified atom stereocenters. The number of ether oxygens (including phenoxy) is 1. The SMILES string of the molecule is O=C(CC1CCC(CCN2CCN(c3nccc4c3CCO4)CC2)CC1)C[C@@H](O)C(F)(F)F. The summed E-state index contributed by atoms with van der Waals surface area (Å²) in [5.41, 5.74) is 1.23. The van der Waals surface area contributed by atoms with Crippen molar-refractivity contribution >= 4 is 11.6 Å². The summed E-state index contributed by atoms with van der Waals surface area (Å²) in [6.07, 6.45) is -0.199. The summed E-state index contributed by atoms with van der Waals surface area (Å²) in [6, 6.07) is 1.94. The van der Waals surface area contributed by atoms with Crippen molar-refractivity contribution in [2.75, 3.05) is 44.2 Å². The lowest BCUT2D eigenvalue weighted by Gasteiger charge is -2.37. The van der Waals surface area contributed by atoms with Crippen LogP contribution < -0.4 is 9.64 Å². The number of alkyl halides is 3. The Morgan fingerprint density at radius 2 is 1.85 bits per heavy atom. The van der Waals surface area contributed by atoms with Gasteiger partial charge in [-0.2, -0.15) is 13.2 Å². The van der Waals surface area contributed by atoms with Gasteiger partial charge in [0.15, 0.2) is 6.10 Å². The van der Waals surface area contributed by atoms with Gasteiger partial charge in [0, 0.05) is 57.2 Å². The smallest absolute Gasteiger partial charge is 0.414 e. The molecule has 1 saturated carbocycles. The molecule has 1 aliphatic carbocycles. The maximum atomic E-state index is 12.4. The minimum Gasteiger partial charge on any atom is -0.493 e. The number of rotatable bonds is 8. The zero-order chi connectivity index (χ0) is 23.4. The van der Waals surface area contributed by atoms with Gasteiger partial charge < -0.3 is 14.7 Å². The molecule has 2 fully saturated rings. The van der Waals surface area contributed by atoms with E-state index in [9.17, 15) is 18.0 Å². The van der Waals surface area contributed by atoms with Crippen LogP contribution in [-0.2, 0) is 11.2 Å². The highest BCUT2D eigenvalue weighted by molar-refractivity contribution is 5.79. The van der Waals surface area contributed by atoms with Crippen molar-refractivity contribution in [2.45, 2.75) is 63.6 Å². The zero-order valence-electron chi connectivity index (χ0n) is 19.0. The van der Waals surface area contributed by atoms with E-state index < -0.39 is 24.5 Å². The van der Waals surface area contributed by atoms with E-state index >= 15 is 0 Å². The first-order valence-electron chi connectivity index (χ1n) is 12.1. The van der Waals surface area contributed by atoms with Crippen molar-refractivity contribution in [3.8, 4) is 5.75 Å². The van der Waals surface area contributed by atoms with E-state index in [4.69, 9.17) is 9.84 Å². The Kier molecular flexibility index (Phi) is 7.79. The van der Waals surface area contributed by atoms with Gasteiger partial charge in [0.1, 0.15) is 17.4 Å². The molecule has 1 aromatic heterocycles. The third-order valence-electron chi connectivity index (χ3n) is 7.41. The van der Waals surface area contributed by atoms with E-state index in [1.54, 1.807) is 0 Å². The van der Waals surface area contributed by atoms with Crippen LogP contribution in [0.15, 0.2) is 12.3 Å². The van der Waals surface area contributed by atoms with Gasteiger partial charge >= 0.3 is 6.18 Å². The lowest BCUT2D eigenvalue weighted by Crippen LogP contribution is -2.47. The van der Waals surface area contributed by atoms with E-state index in [0.717, 1.165) is 89.4 Å². The second-order valence-corrected chi connectivity index (χ2v) is 9.72. The number of halogens is 3. The number of hydrogen-bond donors (Lipinski definition) is 1. The quantitative estimate of drug-likeness (QED) is 0.628. The second-order valence-electron chi connectivity index (χ2n) is 9.72. The lowest BCUT2D eigenvalue weighted by atomic mass is 9.78. The number of fused-ring (bicyclic) bond motifs is 1. The molecule has 1 saturated heterocycles. The fraction of sp³-hybridized carbons (Fsp3) is 0.750. The Morgan fingerprint density at radius 3 is 2.55 bits per heavy atom. The summed E-state index contributed by atoms with van der Waals surface area (Å²) in [4.78, 5) is 21.4.